The molecule has 0 unspecified atom stereocenters. The molecule has 6 heteroatoms. The molecule has 106 valence electrons. The fourth-order valence-corrected chi connectivity index (χ4v) is 1.38. The molecular formula is C13H20N2O4. The molecular weight excluding hydrogens is 248 g/mol. The number of carbonyl (C=O) groups is 1. The van der Waals surface area contributed by atoms with Crippen molar-refractivity contribution in [1.29, 1.82) is 0 Å². The van der Waals surface area contributed by atoms with E-state index >= 15 is 0 Å². The van der Waals surface area contributed by atoms with Gasteiger partial charge in [-0.1, -0.05) is 6.92 Å². The quantitative estimate of drug-likeness (QED) is 0.570. The molecule has 0 aromatic carbocycles. The lowest BCUT2D eigenvalue weighted by molar-refractivity contribution is 0.0516. The highest BCUT2D eigenvalue weighted by atomic mass is 16.5. The SMILES string of the molecule is CCCOCCOc1ncc(N)cc1C(=O)OCC. The van der Waals surface area contributed by atoms with Crippen LogP contribution in [0.15, 0.2) is 12.3 Å². The summed E-state index contributed by atoms with van der Waals surface area (Å²) in [4.78, 5) is 15.7. The van der Waals surface area contributed by atoms with Crippen LogP contribution in [-0.2, 0) is 9.47 Å². The van der Waals surface area contributed by atoms with Crippen molar-refractivity contribution in [3.63, 3.8) is 0 Å². The average molecular weight is 268 g/mol. The van der Waals surface area contributed by atoms with E-state index in [1.165, 1.54) is 12.3 Å². The summed E-state index contributed by atoms with van der Waals surface area (Å²) in [5, 5.41) is 0. The summed E-state index contributed by atoms with van der Waals surface area (Å²) in [6, 6.07) is 1.49. The van der Waals surface area contributed by atoms with Crippen LogP contribution in [0, 0.1) is 0 Å². The summed E-state index contributed by atoms with van der Waals surface area (Å²) in [5.74, 6) is -0.278. The summed E-state index contributed by atoms with van der Waals surface area (Å²) < 4.78 is 15.6. The minimum atomic E-state index is -0.494. The van der Waals surface area contributed by atoms with Gasteiger partial charge in [0.2, 0.25) is 5.88 Å². The number of anilines is 1. The Labute approximate surface area is 112 Å². The molecule has 0 aliphatic heterocycles. The third-order valence-corrected chi connectivity index (χ3v) is 2.18. The molecule has 0 amide bonds. The fraction of sp³-hybridized carbons (Fsp3) is 0.538. The first-order valence-corrected chi connectivity index (χ1v) is 6.32. The van der Waals surface area contributed by atoms with Gasteiger partial charge in [-0.3, -0.25) is 0 Å². The molecule has 1 rings (SSSR count). The lowest BCUT2D eigenvalue weighted by Crippen LogP contribution is -2.13. The summed E-state index contributed by atoms with van der Waals surface area (Å²) in [7, 11) is 0. The molecule has 0 aliphatic rings. The van der Waals surface area contributed by atoms with E-state index in [2.05, 4.69) is 4.98 Å². The van der Waals surface area contributed by atoms with Crippen molar-refractivity contribution in [2.45, 2.75) is 20.3 Å². The second kappa shape index (κ2) is 8.31. The van der Waals surface area contributed by atoms with Gasteiger partial charge in [0.15, 0.2) is 0 Å². The lowest BCUT2D eigenvalue weighted by Gasteiger charge is -2.10. The minimum absolute atomic E-state index is 0.216. The number of rotatable bonds is 8. The molecule has 6 nitrogen and oxygen atoms in total. The van der Waals surface area contributed by atoms with Crippen LogP contribution in [0.2, 0.25) is 0 Å². The van der Waals surface area contributed by atoms with Crippen LogP contribution in [0.4, 0.5) is 5.69 Å². The number of nitrogens with two attached hydrogens (primary N) is 1. The van der Waals surface area contributed by atoms with E-state index in [0.29, 0.717) is 25.5 Å². The highest BCUT2D eigenvalue weighted by molar-refractivity contribution is 5.92. The number of aromatic nitrogens is 1. The zero-order valence-electron chi connectivity index (χ0n) is 11.3. The third kappa shape index (κ3) is 5.13. The third-order valence-electron chi connectivity index (χ3n) is 2.18. The van der Waals surface area contributed by atoms with Gasteiger partial charge in [0.25, 0.3) is 0 Å². The van der Waals surface area contributed by atoms with Crippen molar-refractivity contribution in [3.05, 3.63) is 17.8 Å². The van der Waals surface area contributed by atoms with E-state index in [-0.39, 0.29) is 18.1 Å². The molecule has 1 heterocycles. The molecule has 0 spiro atoms. The number of carbonyl (C=O) groups excluding carboxylic acids is 1. The Balaban J connectivity index is 2.63. The van der Waals surface area contributed by atoms with Gasteiger partial charge in [-0.2, -0.15) is 0 Å². The van der Waals surface area contributed by atoms with E-state index in [1.807, 2.05) is 6.92 Å². The van der Waals surface area contributed by atoms with Crippen molar-refractivity contribution >= 4 is 11.7 Å². The number of nitrogens with zero attached hydrogens (tertiary/aromatic N) is 1. The molecule has 0 saturated carbocycles. The van der Waals surface area contributed by atoms with E-state index in [0.717, 1.165) is 6.42 Å². The van der Waals surface area contributed by atoms with E-state index < -0.39 is 5.97 Å². The number of pyridine rings is 1. The highest BCUT2D eigenvalue weighted by Crippen LogP contribution is 2.19. The largest absolute Gasteiger partial charge is 0.475 e. The molecule has 0 radical (unpaired) electrons. The highest BCUT2D eigenvalue weighted by Gasteiger charge is 2.15. The first-order valence-electron chi connectivity index (χ1n) is 6.32. The average Bonchev–Trinajstić information content (AvgIpc) is 2.40. The number of nitrogen functional groups attached to an aromatic ring is 1. The van der Waals surface area contributed by atoms with Crippen LogP contribution in [-0.4, -0.2) is 37.4 Å². The summed E-state index contributed by atoms with van der Waals surface area (Å²) in [6.07, 6.45) is 2.39. The first-order chi connectivity index (χ1) is 9.19. The summed E-state index contributed by atoms with van der Waals surface area (Å²) in [5.41, 5.74) is 6.23. The Morgan fingerprint density at radius 2 is 2.11 bits per heavy atom. The zero-order valence-corrected chi connectivity index (χ0v) is 11.3. The van der Waals surface area contributed by atoms with E-state index in [4.69, 9.17) is 19.9 Å². The lowest BCUT2D eigenvalue weighted by atomic mass is 10.2. The van der Waals surface area contributed by atoms with Crippen molar-refractivity contribution in [2.75, 3.05) is 32.2 Å². The maximum absolute atomic E-state index is 11.7. The van der Waals surface area contributed by atoms with Gasteiger partial charge in [-0.25, -0.2) is 9.78 Å². The standard InChI is InChI=1S/C13H20N2O4/c1-3-5-17-6-7-19-12-11(13(16)18-4-2)8-10(14)9-15-12/h8-9H,3-7,14H2,1-2H3. The van der Waals surface area contributed by atoms with Crippen LogP contribution < -0.4 is 10.5 Å². The van der Waals surface area contributed by atoms with E-state index in [9.17, 15) is 4.79 Å². The second-order valence-corrected chi connectivity index (χ2v) is 3.80. The van der Waals surface area contributed by atoms with Crippen LogP contribution in [0.1, 0.15) is 30.6 Å². The van der Waals surface area contributed by atoms with Crippen LogP contribution in [0.25, 0.3) is 0 Å². The van der Waals surface area contributed by atoms with Gasteiger partial charge in [0.05, 0.1) is 25.1 Å². The Bertz CT molecular complexity index is 410. The topological polar surface area (TPSA) is 83.7 Å². The van der Waals surface area contributed by atoms with Crippen LogP contribution >= 0.6 is 0 Å². The van der Waals surface area contributed by atoms with E-state index in [1.54, 1.807) is 6.92 Å². The number of ether oxygens (including phenoxy) is 3. The maximum atomic E-state index is 11.7. The van der Waals surface area contributed by atoms with Crippen molar-refractivity contribution in [2.24, 2.45) is 0 Å². The van der Waals surface area contributed by atoms with Crippen molar-refractivity contribution in [1.82, 2.24) is 4.98 Å². The van der Waals surface area contributed by atoms with Gasteiger partial charge in [-0.15, -0.1) is 0 Å². The summed E-state index contributed by atoms with van der Waals surface area (Å²) in [6.45, 7) is 5.50. The Morgan fingerprint density at radius 3 is 2.79 bits per heavy atom. The molecule has 0 saturated heterocycles. The van der Waals surface area contributed by atoms with Gasteiger partial charge in [0, 0.05) is 6.61 Å². The van der Waals surface area contributed by atoms with Gasteiger partial charge >= 0.3 is 5.97 Å². The summed E-state index contributed by atoms with van der Waals surface area (Å²) >= 11 is 0. The van der Waals surface area contributed by atoms with Gasteiger partial charge < -0.3 is 19.9 Å². The Kier molecular flexibility index (Phi) is 6.67. The Morgan fingerprint density at radius 1 is 1.32 bits per heavy atom. The smallest absolute Gasteiger partial charge is 0.343 e. The second-order valence-electron chi connectivity index (χ2n) is 3.80. The molecule has 0 bridgehead atoms. The monoisotopic (exact) mass is 268 g/mol. The zero-order chi connectivity index (χ0) is 14.1. The number of hydrogen-bond acceptors (Lipinski definition) is 6. The molecule has 1 aromatic heterocycles. The Hall–Kier alpha value is -1.82. The number of hydrogen-bond donors (Lipinski definition) is 1. The minimum Gasteiger partial charge on any atom is -0.475 e. The maximum Gasteiger partial charge on any atom is 0.343 e. The predicted octanol–water partition coefficient (Wildman–Crippen LogP) is 1.65. The predicted molar refractivity (Wildman–Crippen MR) is 71.2 cm³/mol. The van der Waals surface area contributed by atoms with Crippen LogP contribution in [0.3, 0.4) is 0 Å². The molecule has 19 heavy (non-hydrogen) atoms. The normalized spacial score (nSPS) is 10.2. The van der Waals surface area contributed by atoms with Crippen molar-refractivity contribution < 1.29 is 19.0 Å². The molecule has 0 aliphatic carbocycles. The first kappa shape index (κ1) is 15.2. The molecule has 0 fully saturated rings. The van der Waals surface area contributed by atoms with Gasteiger partial charge in [0.1, 0.15) is 12.2 Å². The molecule has 2 N–H and O–H groups in total. The van der Waals surface area contributed by atoms with Crippen LogP contribution in [0.5, 0.6) is 5.88 Å². The molecule has 1 aromatic rings. The van der Waals surface area contributed by atoms with Crippen molar-refractivity contribution in [3.8, 4) is 5.88 Å². The number of esters is 1. The van der Waals surface area contributed by atoms with Gasteiger partial charge in [-0.05, 0) is 19.4 Å². The molecule has 0 atom stereocenters. The fourth-order valence-electron chi connectivity index (χ4n) is 1.38.